The fourth-order valence-electron chi connectivity index (χ4n) is 4.40. The van der Waals surface area contributed by atoms with Crippen LogP contribution in [0.2, 0.25) is 0 Å². The van der Waals surface area contributed by atoms with Crippen molar-refractivity contribution in [1.29, 1.82) is 0 Å². The van der Waals surface area contributed by atoms with Crippen LogP contribution in [0.15, 0.2) is 0 Å². The second kappa shape index (κ2) is 12.4. The Bertz CT molecular complexity index is 530. The van der Waals surface area contributed by atoms with E-state index in [0.717, 1.165) is 0 Å². The summed E-state index contributed by atoms with van der Waals surface area (Å²) >= 11 is 0.530. The predicted octanol–water partition coefficient (Wildman–Crippen LogP) is -0.645. The molecule has 0 saturated carbocycles. The van der Waals surface area contributed by atoms with Gasteiger partial charge in [0.15, 0.2) is 18.6 Å². The topological polar surface area (TPSA) is 144 Å². The highest BCUT2D eigenvalue weighted by Gasteiger charge is 2.51. The largest absolute Gasteiger partial charge is 0.394 e. The van der Waals surface area contributed by atoms with Crippen molar-refractivity contribution in [2.24, 2.45) is 11.8 Å². The van der Waals surface area contributed by atoms with E-state index in [1.807, 2.05) is 6.92 Å². The fraction of sp³-hybridized carbons (Fsp3) is 1.00. The highest BCUT2D eigenvalue weighted by molar-refractivity contribution is 7.89. The van der Waals surface area contributed by atoms with Crippen LogP contribution in [0.3, 0.4) is 0 Å². The van der Waals surface area contributed by atoms with Crippen molar-refractivity contribution < 1.29 is 57.4 Å². The molecule has 4 unspecified atom stereocenters. The SMILES string of the molecule is CC[C@H]1C(O)[C@H](COC[C@H]2C3CO[C@H]2C(O)[C@H](OC)O3)OC(CO)[C@@H]1OSOOOC. The maximum Gasteiger partial charge on any atom is 0.198 e. The molecule has 3 aliphatic heterocycles. The standard InChI is InChI=1S/C18H32O12S/c1-4-9-14(20)13(26-11(5-19)16(9)28-31-30-29-23-3)7-24-6-10-12-8-25-17(10)15(21)18(22-2)27-12/h9-21H,4-8H2,1-3H3/t9-,10-,11?,12?,13-,14?,15?,16+,17+,18+/m0/s1. The zero-order valence-corrected chi connectivity index (χ0v) is 18.5. The lowest BCUT2D eigenvalue weighted by Crippen LogP contribution is -2.57. The summed E-state index contributed by atoms with van der Waals surface area (Å²) in [5, 5.41) is 35.1. The summed E-state index contributed by atoms with van der Waals surface area (Å²) in [6.45, 7) is 2.30. The van der Waals surface area contributed by atoms with Crippen LogP contribution in [-0.2, 0) is 42.1 Å². The lowest BCUT2D eigenvalue weighted by Gasteiger charge is -2.43. The number of rotatable bonds is 12. The van der Waals surface area contributed by atoms with Crippen LogP contribution in [0, 0.1) is 11.8 Å². The molecular weight excluding hydrogens is 440 g/mol. The van der Waals surface area contributed by atoms with E-state index < -0.39 is 42.9 Å². The van der Waals surface area contributed by atoms with Crippen LogP contribution in [0.4, 0.5) is 0 Å². The third-order valence-corrected chi connectivity index (χ3v) is 6.40. The number of aliphatic hydroxyl groups is 3. The molecule has 10 atom stereocenters. The van der Waals surface area contributed by atoms with Crippen LogP contribution >= 0.6 is 12.3 Å². The van der Waals surface area contributed by atoms with E-state index in [4.69, 9.17) is 27.9 Å². The van der Waals surface area contributed by atoms with Gasteiger partial charge >= 0.3 is 0 Å². The molecule has 12 nitrogen and oxygen atoms in total. The Morgan fingerprint density at radius 2 is 1.84 bits per heavy atom. The van der Waals surface area contributed by atoms with Gasteiger partial charge in [-0.15, -0.1) is 4.33 Å². The van der Waals surface area contributed by atoms with Gasteiger partial charge in [0.25, 0.3) is 0 Å². The first-order chi connectivity index (χ1) is 15.0. The molecule has 3 N–H and O–H groups in total. The molecule has 3 rings (SSSR count). The van der Waals surface area contributed by atoms with Gasteiger partial charge in [-0.25, -0.2) is 4.89 Å². The van der Waals surface area contributed by atoms with Gasteiger partial charge in [-0.05, 0) is 6.42 Å². The summed E-state index contributed by atoms with van der Waals surface area (Å²) in [6.07, 6.45) is -4.62. The molecule has 2 bridgehead atoms. The third kappa shape index (κ3) is 5.87. The van der Waals surface area contributed by atoms with E-state index in [1.54, 1.807) is 0 Å². The maximum absolute atomic E-state index is 10.8. The smallest absolute Gasteiger partial charge is 0.198 e. The Kier molecular flexibility index (Phi) is 10.2. The first kappa shape index (κ1) is 25.5. The second-order valence-corrected chi connectivity index (χ2v) is 8.12. The number of methoxy groups -OCH3 is 1. The number of fused-ring (bicyclic) bond motifs is 2. The molecule has 182 valence electrons. The van der Waals surface area contributed by atoms with Crippen molar-refractivity contribution in [3.05, 3.63) is 0 Å². The molecule has 31 heavy (non-hydrogen) atoms. The fourth-order valence-corrected chi connectivity index (χ4v) is 4.87. The summed E-state index contributed by atoms with van der Waals surface area (Å²) < 4.78 is 38.3. The van der Waals surface area contributed by atoms with E-state index in [0.29, 0.717) is 25.4 Å². The van der Waals surface area contributed by atoms with E-state index in [2.05, 4.69) is 14.3 Å². The van der Waals surface area contributed by atoms with E-state index >= 15 is 0 Å². The van der Waals surface area contributed by atoms with Gasteiger partial charge in [-0.2, -0.15) is 0 Å². The minimum atomic E-state index is -0.906. The highest BCUT2D eigenvalue weighted by Crippen LogP contribution is 2.36. The molecule has 3 saturated heterocycles. The van der Waals surface area contributed by atoms with Gasteiger partial charge in [-0.1, -0.05) is 12.0 Å². The zero-order valence-electron chi connectivity index (χ0n) is 17.7. The molecule has 13 heteroatoms. The van der Waals surface area contributed by atoms with E-state index in [1.165, 1.54) is 14.2 Å². The predicted molar refractivity (Wildman–Crippen MR) is 103 cm³/mol. The Labute approximate surface area is 185 Å². The average Bonchev–Trinajstić information content (AvgIpc) is 3.09. The number of hydrogen-bond acceptors (Lipinski definition) is 13. The molecule has 0 aromatic rings. The van der Waals surface area contributed by atoms with Gasteiger partial charge in [0.05, 0.1) is 51.8 Å². The normalized spacial score (nSPS) is 42.8. The molecule has 0 aromatic heterocycles. The summed E-state index contributed by atoms with van der Waals surface area (Å²) in [5.41, 5.74) is 0. The monoisotopic (exact) mass is 472 g/mol. The van der Waals surface area contributed by atoms with Gasteiger partial charge in [0.2, 0.25) is 0 Å². The summed E-state index contributed by atoms with van der Waals surface area (Å²) in [6, 6.07) is 0. The lowest BCUT2D eigenvalue weighted by molar-refractivity contribution is -0.449. The Balaban J connectivity index is 1.51. The van der Waals surface area contributed by atoms with Crippen molar-refractivity contribution in [3.8, 4) is 0 Å². The Hall–Kier alpha value is -0.130. The van der Waals surface area contributed by atoms with Crippen LogP contribution in [0.5, 0.6) is 0 Å². The van der Waals surface area contributed by atoms with Gasteiger partial charge in [-0.3, -0.25) is 4.18 Å². The van der Waals surface area contributed by atoms with Crippen molar-refractivity contribution in [2.45, 2.75) is 62.4 Å². The third-order valence-electron chi connectivity index (χ3n) is 5.98. The van der Waals surface area contributed by atoms with Crippen molar-refractivity contribution >= 4 is 12.3 Å². The molecule has 0 aliphatic carbocycles. The van der Waals surface area contributed by atoms with Crippen molar-refractivity contribution in [3.63, 3.8) is 0 Å². The summed E-state index contributed by atoms with van der Waals surface area (Å²) in [7, 11) is 2.75. The van der Waals surface area contributed by atoms with Crippen molar-refractivity contribution in [1.82, 2.24) is 0 Å². The molecule has 3 heterocycles. The molecule has 0 aromatic carbocycles. The van der Waals surface area contributed by atoms with Crippen LogP contribution in [0.1, 0.15) is 13.3 Å². The molecule has 3 fully saturated rings. The minimum absolute atomic E-state index is 0.0943. The Morgan fingerprint density at radius 3 is 2.52 bits per heavy atom. The second-order valence-electron chi connectivity index (χ2n) is 7.66. The molecule has 0 spiro atoms. The first-order valence-electron chi connectivity index (χ1n) is 10.2. The number of ether oxygens (including phenoxy) is 5. The molecule has 3 aliphatic rings. The lowest BCUT2D eigenvalue weighted by atomic mass is 9.84. The zero-order chi connectivity index (χ0) is 22.4. The molecular formula is C18H32O12S. The maximum atomic E-state index is 10.8. The van der Waals surface area contributed by atoms with E-state index in [-0.39, 0.29) is 37.8 Å². The molecule has 0 radical (unpaired) electrons. The van der Waals surface area contributed by atoms with Crippen LogP contribution in [-0.4, -0.2) is 105 Å². The average molecular weight is 473 g/mol. The van der Waals surface area contributed by atoms with Crippen molar-refractivity contribution in [2.75, 3.05) is 40.6 Å². The first-order valence-corrected chi connectivity index (χ1v) is 10.9. The van der Waals surface area contributed by atoms with Gasteiger partial charge in [0.1, 0.15) is 24.4 Å². The van der Waals surface area contributed by atoms with Gasteiger partial charge < -0.3 is 39.0 Å². The Morgan fingerprint density at radius 1 is 1.03 bits per heavy atom. The van der Waals surface area contributed by atoms with E-state index in [9.17, 15) is 15.3 Å². The number of hydrogen-bond donors (Lipinski definition) is 3. The summed E-state index contributed by atoms with van der Waals surface area (Å²) in [5.74, 6) is -0.497. The highest BCUT2D eigenvalue weighted by atomic mass is 32.2. The van der Waals surface area contributed by atoms with Crippen LogP contribution < -0.4 is 0 Å². The van der Waals surface area contributed by atoms with Gasteiger partial charge in [0, 0.05) is 18.9 Å². The van der Waals surface area contributed by atoms with Crippen LogP contribution in [0.25, 0.3) is 0 Å². The quantitative estimate of drug-likeness (QED) is 0.143. The minimum Gasteiger partial charge on any atom is -0.394 e. The summed E-state index contributed by atoms with van der Waals surface area (Å²) in [4.78, 5) is 4.30. The number of aliphatic hydroxyl groups excluding tert-OH is 3. The molecule has 0 amide bonds.